The minimum Gasteiger partial charge on any atom is -0.493 e. The minimum atomic E-state index is -0.641. The maximum absolute atomic E-state index is 13.9. The fourth-order valence-electron chi connectivity index (χ4n) is 5.36. The summed E-state index contributed by atoms with van der Waals surface area (Å²) < 4.78 is 19.3. The van der Waals surface area contributed by atoms with Gasteiger partial charge in [-0.15, -0.1) is 0 Å². The molecule has 0 amide bonds. The largest absolute Gasteiger partial charge is 0.493 e. The number of carbonyl (C=O) groups is 1. The second-order valence-electron chi connectivity index (χ2n) is 10.1. The van der Waals surface area contributed by atoms with Gasteiger partial charge in [-0.05, 0) is 59.5 Å². The van der Waals surface area contributed by atoms with Crippen LogP contribution in [-0.2, 0) is 16.1 Å². The predicted molar refractivity (Wildman–Crippen MR) is 168 cm³/mol. The average molecular weight is 591 g/mol. The van der Waals surface area contributed by atoms with Gasteiger partial charge in [0, 0.05) is 0 Å². The molecule has 0 unspecified atom stereocenters. The number of thiazole rings is 1. The van der Waals surface area contributed by atoms with E-state index in [0.717, 1.165) is 27.5 Å². The van der Waals surface area contributed by atoms with Crippen molar-refractivity contribution in [2.75, 3.05) is 13.7 Å². The van der Waals surface area contributed by atoms with E-state index in [4.69, 9.17) is 14.2 Å². The first-order chi connectivity index (χ1) is 21.0. The molecule has 1 aromatic heterocycles. The lowest BCUT2D eigenvalue weighted by atomic mass is 9.96. The minimum absolute atomic E-state index is 0.227. The molecular formula is C35H30N2O5S. The van der Waals surface area contributed by atoms with Gasteiger partial charge < -0.3 is 14.2 Å². The third-order valence-electron chi connectivity index (χ3n) is 7.38. The molecule has 1 aliphatic rings. The second kappa shape index (κ2) is 12.1. The Morgan fingerprint density at radius 3 is 2.53 bits per heavy atom. The van der Waals surface area contributed by atoms with Crippen LogP contribution in [0.5, 0.6) is 11.5 Å². The summed E-state index contributed by atoms with van der Waals surface area (Å²) in [6.07, 6.45) is 1.81. The van der Waals surface area contributed by atoms with E-state index in [-0.39, 0.29) is 12.2 Å². The van der Waals surface area contributed by atoms with Crippen LogP contribution >= 0.6 is 11.3 Å². The number of fused-ring (bicyclic) bond motifs is 2. The third kappa shape index (κ3) is 5.49. The number of carbonyl (C=O) groups excluding carboxylic acids is 1. The molecule has 4 aromatic carbocycles. The number of methoxy groups -OCH3 is 1. The highest BCUT2D eigenvalue weighted by molar-refractivity contribution is 7.07. The first-order valence-electron chi connectivity index (χ1n) is 14.0. The first kappa shape index (κ1) is 28.2. The first-order valence-corrected chi connectivity index (χ1v) is 14.8. The van der Waals surface area contributed by atoms with Crippen LogP contribution in [-0.4, -0.2) is 24.3 Å². The number of hydrogen-bond acceptors (Lipinski definition) is 7. The summed E-state index contributed by atoms with van der Waals surface area (Å²) in [5, 5.41) is 2.30. The Hall–Kier alpha value is -4.95. The highest BCUT2D eigenvalue weighted by Crippen LogP contribution is 2.32. The van der Waals surface area contributed by atoms with Crippen LogP contribution in [0.1, 0.15) is 36.6 Å². The number of aromatic nitrogens is 1. The van der Waals surface area contributed by atoms with Crippen molar-refractivity contribution in [3.63, 3.8) is 0 Å². The summed E-state index contributed by atoms with van der Waals surface area (Å²) >= 11 is 1.28. The SMILES string of the molecule is CCOC(=O)C1=C(C)N=c2s/c(=C\c3ccc(OCc4cccc5ccccc45)c(OC)c3)c(=O)n2[C@H]1c1ccccc1. The Bertz CT molecular complexity index is 2040. The Labute approximate surface area is 252 Å². The normalized spacial score (nSPS) is 14.8. The van der Waals surface area contributed by atoms with Crippen LogP contribution in [0.4, 0.5) is 0 Å². The van der Waals surface area contributed by atoms with Crippen LogP contribution in [0.3, 0.4) is 0 Å². The summed E-state index contributed by atoms with van der Waals surface area (Å²) in [7, 11) is 1.59. The van der Waals surface area contributed by atoms with Gasteiger partial charge in [0.05, 0.1) is 35.6 Å². The zero-order valence-corrected chi connectivity index (χ0v) is 24.9. The quantitative estimate of drug-likeness (QED) is 0.222. The fraction of sp³-hybridized carbons (Fsp3) is 0.171. The Morgan fingerprint density at radius 2 is 1.74 bits per heavy atom. The molecule has 8 heteroatoms. The average Bonchev–Trinajstić information content (AvgIpc) is 3.33. The van der Waals surface area contributed by atoms with Gasteiger partial charge in [-0.25, -0.2) is 9.79 Å². The van der Waals surface area contributed by atoms with E-state index < -0.39 is 12.0 Å². The van der Waals surface area contributed by atoms with E-state index in [0.29, 0.717) is 38.7 Å². The third-order valence-corrected chi connectivity index (χ3v) is 8.36. The van der Waals surface area contributed by atoms with E-state index in [2.05, 4.69) is 29.3 Å². The molecule has 0 aliphatic carbocycles. The van der Waals surface area contributed by atoms with Gasteiger partial charge in [-0.1, -0.05) is 90.2 Å². The van der Waals surface area contributed by atoms with Crippen molar-refractivity contribution in [2.24, 2.45) is 4.99 Å². The maximum atomic E-state index is 13.9. The lowest BCUT2D eigenvalue weighted by Crippen LogP contribution is -2.39. The molecule has 0 bridgehead atoms. The number of ether oxygens (including phenoxy) is 3. The van der Waals surface area contributed by atoms with Crippen molar-refractivity contribution in [3.05, 3.63) is 139 Å². The number of allylic oxidation sites excluding steroid dienone is 1. The van der Waals surface area contributed by atoms with E-state index in [9.17, 15) is 9.59 Å². The van der Waals surface area contributed by atoms with Gasteiger partial charge in [-0.3, -0.25) is 9.36 Å². The topological polar surface area (TPSA) is 79.1 Å². The Morgan fingerprint density at radius 1 is 0.977 bits per heavy atom. The van der Waals surface area contributed by atoms with Crippen LogP contribution in [0.25, 0.3) is 16.8 Å². The van der Waals surface area contributed by atoms with Gasteiger partial charge >= 0.3 is 5.97 Å². The van der Waals surface area contributed by atoms with Gasteiger partial charge in [-0.2, -0.15) is 0 Å². The number of hydrogen-bond donors (Lipinski definition) is 0. The van der Waals surface area contributed by atoms with Crippen molar-refractivity contribution in [1.29, 1.82) is 0 Å². The Kier molecular flexibility index (Phi) is 7.94. The van der Waals surface area contributed by atoms with Crippen LogP contribution in [0.15, 0.2) is 112 Å². The molecule has 1 atom stereocenters. The molecule has 0 saturated carbocycles. The molecule has 5 aromatic rings. The molecule has 0 radical (unpaired) electrons. The smallest absolute Gasteiger partial charge is 0.338 e. The van der Waals surface area contributed by atoms with E-state index in [1.807, 2.05) is 72.8 Å². The zero-order valence-electron chi connectivity index (χ0n) is 24.1. The summed E-state index contributed by atoms with van der Waals surface area (Å²) in [6, 6.07) is 28.8. The molecule has 2 heterocycles. The standard InChI is InChI=1S/C35H30N2O5S/c1-4-41-34(39)31-22(2)36-35-37(32(31)25-12-6-5-7-13-25)33(38)30(43-35)20-23-17-18-28(29(19-23)40-3)42-21-26-15-10-14-24-11-8-9-16-27(24)26/h5-20,32H,4,21H2,1-3H3/b30-20-/t32-/m0/s1. The van der Waals surface area contributed by atoms with Gasteiger partial charge in [0.25, 0.3) is 5.56 Å². The summed E-state index contributed by atoms with van der Waals surface area (Å²) in [4.78, 5) is 32.1. The van der Waals surface area contributed by atoms with Crippen LogP contribution < -0.4 is 24.4 Å². The van der Waals surface area contributed by atoms with Crippen molar-refractivity contribution in [3.8, 4) is 11.5 Å². The van der Waals surface area contributed by atoms with E-state index in [1.165, 1.54) is 11.3 Å². The number of benzene rings is 4. The number of rotatable bonds is 8. The molecule has 0 N–H and O–H groups in total. The van der Waals surface area contributed by atoms with Gasteiger partial charge in [0.1, 0.15) is 6.61 Å². The van der Waals surface area contributed by atoms with Gasteiger partial charge in [0.2, 0.25) is 0 Å². The number of esters is 1. The predicted octanol–water partition coefficient (Wildman–Crippen LogP) is 5.54. The van der Waals surface area contributed by atoms with Crippen molar-refractivity contribution < 1.29 is 19.0 Å². The molecule has 0 saturated heterocycles. The zero-order chi connectivity index (χ0) is 29.9. The highest BCUT2D eigenvalue weighted by atomic mass is 32.1. The molecule has 0 spiro atoms. The van der Waals surface area contributed by atoms with Crippen molar-refractivity contribution in [1.82, 2.24) is 4.57 Å². The van der Waals surface area contributed by atoms with Crippen molar-refractivity contribution >= 4 is 34.2 Å². The molecular weight excluding hydrogens is 560 g/mol. The number of nitrogens with zero attached hydrogens (tertiary/aromatic N) is 2. The monoisotopic (exact) mass is 590 g/mol. The highest BCUT2D eigenvalue weighted by Gasteiger charge is 2.33. The lowest BCUT2D eigenvalue weighted by Gasteiger charge is -2.24. The molecule has 0 fully saturated rings. The van der Waals surface area contributed by atoms with Crippen LogP contribution in [0.2, 0.25) is 0 Å². The lowest BCUT2D eigenvalue weighted by molar-refractivity contribution is -0.139. The molecule has 43 heavy (non-hydrogen) atoms. The van der Waals surface area contributed by atoms with E-state index >= 15 is 0 Å². The Balaban J connectivity index is 1.36. The molecule has 7 nitrogen and oxygen atoms in total. The van der Waals surface area contributed by atoms with Crippen molar-refractivity contribution in [2.45, 2.75) is 26.5 Å². The fourth-order valence-corrected chi connectivity index (χ4v) is 6.41. The molecule has 1 aliphatic heterocycles. The van der Waals surface area contributed by atoms with Gasteiger partial charge in [0.15, 0.2) is 16.3 Å². The summed E-state index contributed by atoms with van der Waals surface area (Å²) in [5.41, 5.74) is 3.33. The van der Waals surface area contributed by atoms with E-state index in [1.54, 1.807) is 25.5 Å². The summed E-state index contributed by atoms with van der Waals surface area (Å²) in [6.45, 7) is 4.15. The second-order valence-corrected chi connectivity index (χ2v) is 11.1. The maximum Gasteiger partial charge on any atom is 0.338 e. The summed E-state index contributed by atoms with van der Waals surface area (Å²) in [5.74, 6) is 0.688. The molecule has 6 rings (SSSR count). The van der Waals surface area contributed by atoms with Crippen LogP contribution in [0, 0.1) is 0 Å². The molecule has 216 valence electrons.